The lowest BCUT2D eigenvalue weighted by Gasteiger charge is -2.27. The van der Waals surface area contributed by atoms with Gasteiger partial charge in [0.15, 0.2) is 0 Å². The number of amides is 1. The molecule has 8 heteroatoms. The quantitative estimate of drug-likeness (QED) is 0.770. The Hall–Kier alpha value is -2.09. The number of carbonyl (C=O) groups is 2. The van der Waals surface area contributed by atoms with Crippen molar-refractivity contribution in [3.05, 3.63) is 35.4 Å². The second-order valence-electron chi connectivity index (χ2n) is 6.38. The van der Waals surface area contributed by atoms with Crippen molar-refractivity contribution >= 4 is 11.9 Å². The highest BCUT2D eigenvalue weighted by molar-refractivity contribution is 5.95. The summed E-state index contributed by atoms with van der Waals surface area (Å²) >= 11 is 0. The van der Waals surface area contributed by atoms with Crippen LogP contribution in [0.25, 0.3) is 0 Å². The maximum atomic E-state index is 12.4. The van der Waals surface area contributed by atoms with E-state index in [1.807, 2.05) is 0 Å². The number of hydrogen-bond acceptors (Lipinski definition) is 3. The van der Waals surface area contributed by atoms with Crippen molar-refractivity contribution in [2.45, 2.75) is 31.9 Å². The van der Waals surface area contributed by atoms with Gasteiger partial charge in [-0.05, 0) is 36.8 Å². The van der Waals surface area contributed by atoms with Gasteiger partial charge in [0.05, 0.1) is 5.92 Å². The first kappa shape index (κ1) is 20.2. The third-order valence-corrected chi connectivity index (χ3v) is 4.57. The number of carbonyl (C=O) groups excluding carboxylic acids is 1. The largest absolute Gasteiger partial charge is 0.481 e. The van der Waals surface area contributed by atoms with Crippen molar-refractivity contribution < 1.29 is 32.6 Å². The Bertz CT molecular complexity index is 627. The van der Waals surface area contributed by atoms with Gasteiger partial charge in [-0.3, -0.25) is 9.59 Å². The van der Waals surface area contributed by atoms with Gasteiger partial charge in [-0.25, -0.2) is 0 Å². The Kier molecular flexibility index (Phi) is 7.02. The van der Waals surface area contributed by atoms with E-state index in [1.54, 1.807) is 12.1 Å². The van der Waals surface area contributed by atoms with Crippen LogP contribution in [0.3, 0.4) is 0 Å². The van der Waals surface area contributed by atoms with E-state index < -0.39 is 30.4 Å². The van der Waals surface area contributed by atoms with E-state index in [-0.39, 0.29) is 24.4 Å². The van der Waals surface area contributed by atoms with Crippen LogP contribution in [-0.2, 0) is 16.0 Å². The van der Waals surface area contributed by atoms with E-state index in [0.29, 0.717) is 31.6 Å². The number of carboxylic acid groups (broad SMARTS) is 1. The van der Waals surface area contributed by atoms with Gasteiger partial charge in [0.1, 0.15) is 0 Å². The molecule has 0 spiro atoms. The molecular weight excluding hydrogens is 351 g/mol. The zero-order chi connectivity index (χ0) is 19.2. The van der Waals surface area contributed by atoms with Gasteiger partial charge in [-0.1, -0.05) is 18.2 Å². The minimum absolute atomic E-state index is 0.0631. The molecule has 0 radical (unpaired) electrons. The van der Waals surface area contributed by atoms with Gasteiger partial charge >= 0.3 is 12.1 Å². The van der Waals surface area contributed by atoms with E-state index in [1.165, 1.54) is 12.1 Å². The lowest BCUT2D eigenvalue weighted by molar-refractivity contribution is -0.144. The topological polar surface area (TPSA) is 75.6 Å². The van der Waals surface area contributed by atoms with Crippen molar-refractivity contribution in [2.75, 3.05) is 19.8 Å². The molecule has 5 nitrogen and oxygen atoms in total. The molecule has 2 rings (SSSR count). The zero-order valence-electron chi connectivity index (χ0n) is 14.2. The molecule has 1 aliphatic heterocycles. The number of hydrogen-bond donors (Lipinski definition) is 2. The number of halogens is 3. The van der Waals surface area contributed by atoms with Crippen LogP contribution in [0.5, 0.6) is 0 Å². The molecule has 0 aromatic heterocycles. The maximum absolute atomic E-state index is 12.4. The van der Waals surface area contributed by atoms with Gasteiger partial charge < -0.3 is 15.2 Å². The maximum Gasteiger partial charge on any atom is 0.389 e. The van der Waals surface area contributed by atoms with Crippen LogP contribution in [0.1, 0.15) is 35.2 Å². The number of benzene rings is 1. The minimum atomic E-state index is -4.30. The predicted molar refractivity (Wildman–Crippen MR) is 87.8 cm³/mol. The standard InChI is InChI=1S/C18H22F3NO4/c19-18(20,21)8-5-12-3-1-2-4-14(12)16(23)22-11-15(17(24)25)13-6-9-26-10-7-13/h1-4,13,15H,5-11H2,(H,22,23)(H,24,25). The molecule has 2 N–H and O–H groups in total. The summed E-state index contributed by atoms with van der Waals surface area (Å²) in [4.78, 5) is 23.9. The number of nitrogens with one attached hydrogen (secondary N) is 1. The van der Waals surface area contributed by atoms with E-state index in [9.17, 15) is 27.9 Å². The molecule has 1 unspecified atom stereocenters. The van der Waals surface area contributed by atoms with E-state index in [0.717, 1.165) is 0 Å². The second kappa shape index (κ2) is 9.02. The van der Waals surface area contributed by atoms with Gasteiger partial charge in [-0.2, -0.15) is 13.2 Å². The first-order valence-corrected chi connectivity index (χ1v) is 8.51. The average Bonchev–Trinajstić information content (AvgIpc) is 2.60. The first-order valence-electron chi connectivity index (χ1n) is 8.51. The van der Waals surface area contributed by atoms with Crippen LogP contribution < -0.4 is 5.32 Å². The lowest BCUT2D eigenvalue weighted by atomic mass is 9.86. The summed E-state index contributed by atoms with van der Waals surface area (Å²) in [5.74, 6) is -2.39. The molecule has 144 valence electrons. The fourth-order valence-electron chi connectivity index (χ4n) is 3.11. The third kappa shape index (κ3) is 6.01. The highest BCUT2D eigenvalue weighted by atomic mass is 19.4. The summed E-state index contributed by atoms with van der Waals surface area (Å²) in [5.41, 5.74) is 0.438. The van der Waals surface area contributed by atoms with Crippen LogP contribution in [0.4, 0.5) is 13.2 Å². The van der Waals surface area contributed by atoms with Crippen molar-refractivity contribution in [1.29, 1.82) is 0 Å². The smallest absolute Gasteiger partial charge is 0.389 e. The van der Waals surface area contributed by atoms with E-state index >= 15 is 0 Å². The van der Waals surface area contributed by atoms with Crippen LogP contribution in [0, 0.1) is 11.8 Å². The van der Waals surface area contributed by atoms with Gasteiger partial charge in [0, 0.05) is 31.7 Å². The number of ether oxygens (including phenoxy) is 1. The Morgan fingerprint density at radius 2 is 1.88 bits per heavy atom. The van der Waals surface area contributed by atoms with E-state index in [2.05, 4.69) is 5.32 Å². The molecule has 1 saturated heterocycles. The molecular formula is C18H22F3NO4. The monoisotopic (exact) mass is 373 g/mol. The summed E-state index contributed by atoms with van der Waals surface area (Å²) in [7, 11) is 0. The molecule has 1 heterocycles. The predicted octanol–water partition coefficient (Wildman–Crippen LogP) is 3.04. The molecule has 0 aliphatic carbocycles. The summed E-state index contributed by atoms with van der Waals surface area (Å²) in [6, 6.07) is 6.07. The zero-order valence-corrected chi connectivity index (χ0v) is 14.2. The van der Waals surface area contributed by atoms with Gasteiger partial charge in [-0.15, -0.1) is 0 Å². The minimum Gasteiger partial charge on any atom is -0.481 e. The van der Waals surface area contributed by atoms with Crippen molar-refractivity contribution in [3.63, 3.8) is 0 Å². The number of aryl methyl sites for hydroxylation is 1. The molecule has 1 atom stereocenters. The van der Waals surface area contributed by atoms with E-state index in [4.69, 9.17) is 4.74 Å². The number of aliphatic carboxylic acids is 1. The molecule has 1 aromatic rings. The molecule has 1 fully saturated rings. The van der Waals surface area contributed by atoms with Gasteiger partial charge in [0.25, 0.3) is 5.91 Å². The number of carboxylic acids is 1. The Morgan fingerprint density at radius 1 is 1.23 bits per heavy atom. The summed E-state index contributed by atoms with van der Waals surface area (Å²) in [6.07, 6.45) is -4.41. The molecule has 1 aliphatic rings. The van der Waals surface area contributed by atoms with Crippen LogP contribution >= 0.6 is 0 Å². The summed E-state index contributed by atoms with van der Waals surface area (Å²) in [6.45, 7) is 0.914. The Morgan fingerprint density at radius 3 is 2.50 bits per heavy atom. The molecule has 26 heavy (non-hydrogen) atoms. The van der Waals surface area contributed by atoms with Gasteiger partial charge in [0.2, 0.25) is 0 Å². The van der Waals surface area contributed by atoms with Crippen molar-refractivity contribution in [1.82, 2.24) is 5.32 Å². The molecule has 1 amide bonds. The Balaban J connectivity index is 2.01. The molecule has 0 saturated carbocycles. The first-order chi connectivity index (χ1) is 12.3. The SMILES string of the molecule is O=C(NCC(C(=O)O)C1CCOCC1)c1ccccc1CCC(F)(F)F. The fraction of sp³-hybridized carbons (Fsp3) is 0.556. The van der Waals surface area contributed by atoms with Crippen molar-refractivity contribution in [3.8, 4) is 0 Å². The summed E-state index contributed by atoms with van der Waals surface area (Å²) in [5, 5.41) is 12.0. The normalized spacial score (nSPS) is 16.9. The Labute approximate surface area is 149 Å². The van der Waals surface area contributed by atoms with Crippen LogP contribution in [0.15, 0.2) is 24.3 Å². The van der Waals surface area contributed by atoms with Crippen molar-refractivity contribution in [2.24, 2.45) is 11.8 Å². The summed E-state index contributed by atoms with van der Waals surface area (Å²) < 4.78 is 42.6. The lowest BCUT2D eigenvalue weighted by Crippen LogP contribution is -2.39. The number of alkyl halides is 3. The second-order valence-corrected chi connectivity index (χ2v) is 6.38. The third-order valence-electron chi connectivity index (χ3n) is 4.57. The molecule has 0 bridgehead atoms. The fourth-order valence-corrected chi connectivity index (χ4v) is 3.11. The van der Waals surface area contributed by atoms with Crippen LogP contribution in [0.2, 0.25) is 0 Å². The molecule has 1 aromatic carbocycles. The highest BCUT2D eigenvalue weighted by Crippen LogP contribution is 2.25. The highest BCUT2D eigenvalue weighted by Gasteiger charge is 2.31. The average molecular weight is 373 g/mol. The van der Waals surface area contributed by atoms with Crippen LogP contribution in [-0.4, -0.2) is 42.9 Å². The number of rotatable bonds is 7.